The van der Waals surface area contributed by atoms with E-state index in [4.69, 9.17) is 5.73 Å². The third kappa shape index (κ3) is 3.01. The van der Waals surface area contributed by atoms with Gasteiger partial charge in [0.15, 0.2) is 0 Å². The van der Waals surface area contributed by atoms with Crippen LogP contribution in [0.3, 0.4) is 0 Å². The van der Waals surface area contributed by atoms with Gasteiger partial charge in [-0.3, -0.25) is 14.6 Å². The number of amides is 2. The van der Waals surface area contributed by atoms with Crippen molar-refractivity contribution in [2.45, 2.75) is 19.4 Å². The molecule has 2 N–H and O–H groups in total. The van der Waals surface area contributed by atoms with Crippen LogP contribution in [0.4, 0.5) is 10.1 Å². The Kier molecular flexibility index (Phi) is 4.21. The van der Waals surface area contributed by atoms with Gasteiger partial charge in [0, 0.05) is 20.0 Å². The molecule has 1 aliphatic rings. The predicted molar refractivity (Wildman–Crippen MR) is 77.2 cm³/mol. The highest BCUT2D eigenvalue weighted by molar-refractivity contribution is 6.40. The molecule has 0 spiro atoms. The van der Waals surface area contributed by atoms with Gasteiger partial charge >= 0.3 is 0 Å². The molecule has 112 valence electrons. The second-order valence-corrected chi connectivity index (χ2v) is 4.81. The van der Waals surface area contributed by atoms with Crippen molar-refractivity contribution in [3.63, 3.8) is 0 Å². The van der Waals surface area contributed by atoms with E-state index < -0.39 is 11.9 Å². The Bertz CT molecular complexity index is 585. The topological polar surface area (TPSA) is 79.0 Å². The molecule has 1 atom stereocenters. The number of benzene rings is 1. The van der Waals surface area contributed by atoms with E-state index in [0.29, 0.717) is 12.2 Å². The summed E-state index contributed by atoms with van der Waals surface area (Å²) in [5.41, 5.74) is 6.16. The molecule has 1 aromatic carbocycles. The monoisotopic (exact) mass is 292 g/mol. The highest BCUT2D eigenvalue weighted by Crippen LogP contribution is 2.25. The van der Waals surface area contributed by atoms with E-state index in [2.05, 4.69) is 5.10 Å². The van der Waals surface area contributed by atoms with Gasteiger partial charge in [-0.25, -0.2) is 4.39 Å². The van der Waals surface area contributed by atoms with E-state index in [0.717, 1.165) is 0 Å². The zero-order valence-electron chi connectivity index (χ0n) is 11.9. The first-order valence-electron chi connectivity index (χ1n) is 6.61. The maximum absolute atomic E-state index is 13.0. The van der Waals surface area contributed by atoms with E-state index in [1.165, 1.54) is 34.2 Å². The lowest BCUT2D eigenvalue weighted by atomic mass is 10.1. The van der Waals surface area contributed by atoms with Gasteiger partial charge in [0.25, 0.3) is 5.91 Å². The molecule has 0 radical (unpaired) electrons. The standard InChI is InChI=1S/C14H17FN4O2/c1-3-18(2)14(21)11-8-12(13(16)20)19(17-11)10-6-4-9(15)5-7-10/h4-7,12H,3,8H2,1-2H3,(H2,16,20). The van der Waals surface area contributed by atoms with Crippen molar-refractivity contribution in [3.8, 4) is 0 Å². The quantitative estimate of drug-likeness (QED) is 0.888. The van der Waals surface area contributed by atoms with Crippen LogP contribution in [0, 0.1) is 5.82 Å². The first-order chi connectivity index (χ1) is 9.93. The van der Waals surface area contributed by atoms with Crippen LogP contribution in [-0.4, -0.2) is 42.1 Å². The minimum atomic E-state index is -0.736. The summed E-state index contributed by atoms with van der Waals surface area (Å²) in [5, 5.41) is 5.57. The Morgan fingerprint density at radius 1 is 1.43 bits per heavy atom. The summed E-state index contributed by atoms with van der Waals surface area (Å²) in [7, 11) is 1.66. The van der Waals surface area contributed by atoms with Gasteiger partial charge < -0.3 is 10.6 Å². The van der Waals surface area contributed by atoms with E-state index in [1.54, 1.807) is 7.05 Å². The molecule has 0 fully saturated rings. The van der Waals surface area contributed by atoms with E-state index in [-0.39, 0.29) is 23.9 Å². The van der Waals surface area contributed by atoms with Crippen LogP contribution in [0.2, 0.25) is 0 Å². The Labute approximate surface area is 122 Å². The fourth-order valence-corrected chi connectivity index (χ4v) is 2.06. The summed E-state index contributed by atoms with van der Waals surface area (Å²) in [6.45, 7) is 2.38. The number of hydrazone groups is 1. The number of rotatable bonds is 4. The highest BCUT2D eigenvalue weighted by Gasteiger charge is 2.35. The molecule has 2 rings (SSSR count). The molecule has 21 heavy (non-hydrogen) atoms. The fourth-order valence-electron chi connectivity index (χ4n) is 2.06. The lowest BCUT2D eigenvalue weighted by Crippen LogP contribution is -2.40. The van der Waals surface area contributed by atoms with Crippen LogP contribution in [-0.2, 0) is 9.59 Å². The first kappa shape index (κ1) is 15.0. The Hall–Kier alpha value is -2.44. The minimum absolute atomic E-state index is 0.149. The zero-order chi connectivity index (χ0) is 15.6. The maximum Gasteiger partial charge on any atom is 0.269 e. The van der Waals surface area contributed by atoms with E-state index in [1.807, 2.05) is 6.92 Å². The lowest BCUT2D eigenvalue weighted by Gasteiger charge is -2.20. The minimum Gasteiger partial charge on any atom is -0.368 e. The normalized spacial score (nSPS) is 17.6. The molecule has 2 amide bonds. The van der Waals surface area contributed by atoms with Crippen LogP contribution in [0.25, 0.3) is 0 Å². The number of carbonyl (C=O) groups is 2. The molecule has 0 aliphatic carbocycles. The van der Waals surface area contributed by atoms with Gasteiger partial charge in [-0.2, -0.15) is 5.10 Å². The fraction of sp³-hybridized carbons (Fsp3) is 0.357. The number of anilines is 1. The molecule has 6 nitrogen and oxygen atoms in total. The lowest BCUT2D eigenvalue weighted by molar-refractivity contribution is -0.122. The van der Waals surface area contributed by atoms with Crippen LogP contribution in [0.5, 0.6) is 0 Å². The molecule has 1 aliphatic heterocycles. The molecular formula is C14H17FN4O2. The zero-order valence-corrected chi connectivity index (χ0v) is 11.9. The summed E-state index contributed by atoms with van der Waals surface area (Å²) < 4.78 is 13.0. The Balaban J connectivity index is 2.32. The second kappa shape index (κ2) is 5.90. The van der Waals surface area contributed by atoms with Gasteiger partial charge in [0.2, 0.25) is 5.91 Å². The maximum atomic E-state index is 13.0. The largest absolute Gasteiger partial charge is 0.368 e. The van der Waals surface area contributed by atoms with Gasteiger partial charge in [0.1, 0.15) is 17.6 Å². The summed E-state index contributed by atoms with van der Waals surface area (Å²) in [6, 6.07) is 4.78. The van der Waals surface area contributed by atoms with Gasteiger partial charge in [0.05, 0.1) is 5.69 Å². The summed E-state index contributed by atoms with van der Waals surface area (Å²) >= 11 is 0. The van der Waals surface area contributed by atoms with Gasteiger partial charge in [-0.05, 0) is 31.2 Å². The van der Waals surface area contributed by atoms with Crippen LogP contribution in [0.1, 0.15) is 13.3 Å². The number of nitrogens with zero attached hydrogens (tertiary/aromatic N) is 3. The summed E-state index contributed by atoms with van der Waals surface area (Å²) in [6.07, 6.45) is 0.149. The van der Waals surface area contributed by atoms with Gasteiger partial charge in [-0.15, -0.1) is 0 Å². The number of nitrogens with two attached hydrogens (primary N) is 1. The van der Waals surface area contributed by atoms with Crippen LogP contribution < -0.4 is 10.7 Å². The second-order valence-electron chi connectivity index (χ2n) is 4.81. The molecule has 1 unspecified atom stereocenters. The molecule has 1 heterocycles. The number of primary amides is 1. The van der Waals surface area contributed by atoms with Crippen molar-refractivity contribution in [3.05, 3.63) is 30.1 Å². The molecule has 0 aromatic heterocycles. The van der Waals surface area contributed by atoms with Crippen molar-refractivity contribution in [2.24, 2.45) is 10.8 Å². The van der Waals surface area contributed by atoms with E-state index >= 15 is 0 Å². The summed E-state index contributed by atoms with van der Waals surface area (Å²) in [5.74, 6) is -1.21. The molecule has 0 bridgehead atoms. The Morgan fingerprint density at radius 3 is 2.57 bits per heavy atom. The molecule has 7 heteroatoms. The molecule has 1 aromatic rings. The molecule has 0 saturated heterocycles. The van der Waals surface area contributed by atoms with Crippen molar-refractivity contribution in [2.75, 3.05) is 18.6 Å². The number of halogens is 1. The van der Waals surface area contributed by atoms with Gasteiger partial charge in [-0.1, -0.05) is 0 Å². The third-order valence-corrected chi connectivity index (χ3v) is 3.40. The number of hydrogen-bond acceptors (Lipinski definition) is 4. The number of hydrogen-bond donors (Lipinski definition) is 1. The third-order valence-electron chi connectivity index (χ3n) is 3.40. The van der Waals surface area contributed by atoms with Crippen molar-refractivity contribution < 1.29 is 14.0 Å². The average Bonchev–Trinajstić information content (AvgIpc) is 2.91. The highest BCUT2D eigenvalue weighted by atomic mass is 19.1. The van der Waals surface area contributed by atoms with Crippen molar-refractivity contribution in [1.82, 2.24) is 4.90 Å². The SMILES string of the molecule is CCN(C)C(=O)C1=NN(c2ccc(F)cc2)C(C(N)=O)C1. The Morgan fingerprint density at radius 2 is 2.05 bits per heavy atom. The van der Waals surface area contributed by atoms with Crippen LogP contribution >= 0.6 is 0 Å². The average molecular weight is 292 g/mol. The number of carbonyl (C=O) groups excluding carboxylic acids is 2. The van der Waals surface area contributed by atoms with Crippen molar-refractivity contribution >= 4 is 23.2 Å². The summed E-state index contributed by atoms with van der Waals surface area (Å²) in [4.78, 5) is 25.2. The molecular weight excluding hydrogens is 275 g/mol. The smallest absolute Gasteiger partial charge is 0.269 e. The molecule has 0 saturated carbocycles. The van der Waals surface area contributed by atoms with Crippen molar-refractivity contribution in [1.29, 1.82) is 0 Å². The first-order valence-corrected chi connectivity index (χ1v) is 6.61. The van der Waals surface area contributed by atoms with E-state index in [9.17, 15) is 14.0 Å². The predicted octanol–water partition coefficient (Wildman–Crippen LogP) is 0.724. The van der Waals surface area contributed by atoms with Crippen LogP contribution in [0.15, 0.2) is 29.4 Å².